The van der Waals surface area contributed by atoms with Gasteiger partial charge >= 0.3 is 0 Å². The first kappa shape index (κ1) is 19.9. The van der Waals surface area contributed by atoms with Crippen molar-refractivity contribution >= 4 is 20.0 Å². The van der Waals surface area contributed by atoms with E-state index in [0.29, 0.717) is 31.0 Å². The molecule has 1 aliphatic heterocycles. The van der Waals surface area contributed by atoms with Crippen LogP contribution in [-0.2, 0) is 24.8 Å². The SMILES string of the molecule is O=S(=O)(NC12CC3CC(CC(C3)C1)C2)c1cccc(S(=O)(=O)N2CCOCC2)c1. The Balaban J connectivity index is 1.41. The molecule has 5 aliphatic rings. The van der Waals surface area contributed by atoms with Crippen LogP contribution < -0.4 is 4.72 Å². The van der Waals surface area contributed by atoms with E-state index in [0.717, 1.165) is 19.3 Å². The lowest BCUT2D eigenvalue weighted by molar-refractivity contribution is -0.00810. The number of nitrogens with one attached hydrogen (secondary N) is 1. The van der Waals surface area contributed by atoms with E-state index in [1.165, 1.54) is 47.8 Å². The molecule has 1 aromatic carbocycles. The number of hydrogen-bond donors (Lipinski definition) is 1. The predicted octanol–water partition coefficient (Wildman–Crippen LogP) is 1.95. The fourth-order valence-corrected chi connectivity index (χ4v) is 9.32. The van der Waals surface area contributed by atoms with Crippen molar-refractivity contribution in [3.8, 4) is 0 Å². The van der Waals surface area contributed by atoms with E-state index in [2.05, 4.69) is 4.72 Å². The van der Waals surface area contributed by atoms with E-state index >= 15 is 0 Å². The first-order chi connectivity index (χ1) is 13.8. The molecule has 4 bridgehead atoms. The number of nitrogens with zero attached hydrogens (tertiary/aromatic N) is 1. The first-order valence-corrected chi connectivity index (χ1v) is 13.4. The third-order valence-electron chi connectivity index (χ3n) is 7.11. The smallest absolute Gasteiger partial charge is 0.243 e. The Morgan fingerprint density at radius 1 is 0.897 bits per heavy atom. The van der Waals surface area contributed by atoms with Gasteiger partial charge in [0.2, 0.25) is 20.0 Å². The average Bonchev–Trinajstić information content (AvgIpc) is 2.67. The summed E-state index contributed by atoms with van der Waals surface area (Å²) in [7, 11) is -7.53. The number of hydrogen-bond acceptors (Lipinski definition) is 5. The van der Waals surface area contributed by atoms with Crippen LogP contribution in [0.4, 0.5) is 0 Å². The Kier molecular flexibility index (Phi) is 4.82. The van der Waals surface area contributed by atoms with Crippen LogP contribution in [-0.4, -0.2) is 53.0 Å². The van der Waals surface area contributed by atoms with Gasteiger partial charge in [0.05, 0.1) is 23.0 Å². The zero-order valence-electron chi connectivity index (χ0n) is 16.4. The Labute approximate surface area is 172 Å². The molecule has 0 aromatic heterocycles. The summed E-state index contributed by atoms with van der Waals surface area (Å²) >= 11 is 0. The van der Waals surface area contributed by atoms with Gasteiger partial charge in [-0.25, -0.2) is 21.6 Å². The molecule has 4 aliphatic carbocycles. The lowest BCUT2D eigenvalue weighted by Gasteiger charge is -2.56. The summed E-state index contributed by atoms with van der Waals surface area (Å²) in [5.41, 5.74) is -0.354. The van der Waals surface area contributed by atoms with Gasteiger partial charge in [0, 0.05) is 18.6 Å². The number of morpholine rings is 1. The lowest BCUT2D eigenvalue weighted by Crippen LogP contribution is -2.59. The second-order valence-corrected chi connectivity index (χ2v) is 12.9. The summed E-state index contributed by atoms with van der Waals surface area (Å²) in [5.74, 6) is 1.87. The largest absolute Gasteiger partial charge is 0.379 e. The van der Waals surface area contributed by atoms with Gasteiger partial charge in [-0.2, -0.15) is 4.31 Å². The molecule has 0 amide bonds. The Hall–Kier alpha value is -1.00. The minimum atomic E-state index is -3.79. The summed E-state index contributed by atoms with van der Waals surface area (Å²) in [6.07, 6.45) is 6.41. The molecule has 7 nitrogen and oxygen atoms in total. The van der Waals surface area contributed by atoms with E-state index in [1.54, 1.807) is 0 Å². The maximum atomic E-state index is 13.2. The van der Waals surface area contributed by atoms with Crippen molar-refractivity contribution in [3.05, 3.63) is 24.3 Å². The fraction of sp³-hybridized carbons (Fsp3) is 0.700. The predicted molar refractivity (Wildman–Crippen MR) is 107 cm³/mol. The molecule has 1 heterocycles. The van der Waals surface area contributed by atoms with Gasteiger partial charge in [-0.3, -0.25) is 0 Å². The Bertz CT molecular complexity index is 964. The van der Waals surface area contributed by atoms with Gasteiger partial charge in [-0.05, 0) is 74.5 Å². The summed E-state index contributed by atoms with van der Waals surface area (Å²) in [6, 6.07) is 5.77. The third-order valence-corrected chi connectivity index (χ3v) is 10.6. The van der Waals surface area contributed by atoms with Gasteiger partial charge in [-0.15, -0.1) is 0 Å². The summed E-state index contributed by atoms with van der Waals surface area (Å²) in [5, 5.41) is 0. The van der Waals surface area contributed by atoms with E-state index in [-0.39, 0.29) is 28.4 Å². The maximum Gasteiger partial charge on any atom is 0.243 e. The van der Waals surface area contributed by atoms with Crippen LogP contribution in [0.5, 0.6) is 0 Å². The molecular weight excluding hydrogens is 412 g/mol. The second kappa shape index (κ2) is 7.02. The number of ether oxygens (including phenoxy) is 1. The Morgan fingerprint density at radius 2 is 1.45 bits per heavy atom. The van der Waals surface area contributed by atoms with Gasteiger partial charge < -0.3 is 4.74 Å². The quantitative estimate of drug-likeness (QED) is 0.756. The monoisotopic (exact) mass is 440 g/mol. The number of sulfonamides is 2. The van der Waals surface area contributed by atoms with Crippen LogP contribution in [0.25, 0.3) is 0 Å². The van der Waals surface area contributed by atoms with Crippen LogP contribution in [0.3, 0.4) is 0 Å². The van der Waals surface area contributed by atoms with Crippen LogP contribution >= 0.6 is 0 Å². The lowest BCUT2D eigenvalue weighted by atomic mass is 9.53. The summed E-state index contributed by atoms with van der Waals surface area (Å²) < 4.78 is 61.9. The van der Waals surface area contributed by atoms with Crippen molar-refractivity contribution in [2.75, 3.05) is 26.3 Å². The molecular formula is C20H28N2O5S2. The van der Waals surface area contributed by atoms with Gasteiger partial charge in [0.15, 0.2) is 0 Å². The highest BCUT2D eigenvalue weighted by Crippen LogP contribution is 2.56. The molecule has 0 atom stereocenters. The van der Waals surface area contributed by atoms with Crippen LogP contribution in [0.15, 0.2) is 34.1 Å². The molecule has 9 heteroatoms. The van der Waals surface area contributed by atoms with Crippen molar-refractivity contribution in [2.24, 2.45) is 17.8 Å². The highest BCUT2D eigenvalue weighted by atomic mass is 32.2. The van der Waals surface area contributed by atoms with Crippen molar-refractivity contribution in [1.82, 2.24) is 9.03 Å². The first-order valence-electron chi connectivity index (χ1n) is 10.5. The van der Waals surface area contributed by atoms with E-state index in [1.807, 2.05) is 0 Å². The molecule has 0 unspecified atom stereocenters. The van der Waals surface area contributed by atoms with Gasteiger partial charge in [0.25, 0.3) is 0 Å². The molecule has 160 valence electrons. The van der Waals surface area contributed by atoms with Crippen LogP contribution in [0, 0.1) is 17.8 Å². The van der Waals surface area contributed by atoms with Gasteiger partial charge in [-0.1, -0.05) is 6.07 Å². The third kappa shape index (κ3) is 3.65. The highest BCUT2D eigenvalue weighted by Gasteiger charge is 2.52. The van der Waals surface area contributed by atoms with Crippen LogP contribution in [0.2, 0.25) is 0 Å². The average molecular weight is 441 g/mol. The molecule has 4 saturated carbocycles. The molecule has 5 fully saturated rings. The standard InChI is InChI=1S/C20H28N2O5S2/c23-28(24,21-20-12-15-8-16(13-20)10-17(9-15)14-20)18-2-1-3-19(11-18)29(25,26)22-4-6-27-7-5-22/h1-3,11,15-17,21H,4-10,12-14H2. The molecule has 1 aromatic rings. The minimum Gasteiger partial charge on any atom is -0.379 e. The second-order valence-electron chi connectivity index (χ2n) is 9.29. The fourth-order valence-electron chi connectivity index (χ4n) is 6.32. The van der Waals surface area contributed by atoms with Crippen molar-refractivity contribution in [3.63, 3.8) is 0 Å². The zero-order chi connectivity index (χ0) is 20.3. The number of rotatable bonds is 5. The van der Waals surface area contributed by atoms with E-state index in [4.69, 9.17) is 4.74 Å². The minimum absolute atomic E-state index is 0.0211. The summed E-state index contributed by atoms with van der Waals surface area (Å²) in [4.78, 5) is 0.0513. The highest BCUT2D eigenvalue weighted by molar-refractivity contribution is 7.90. The zero-order valence-corrected chi connectivity index (χ0v) is 18.1. The number of benzene rings is 1. The molecule has 1 N–H and O–H groups in total. The van der Waals surface area contributed by atoms with Crippen molar-refractivity contribution < 1.29 is 21.6 Å². The molecule has 0 radical (unpaired) electrons. The van der Waals surface area contributed by atoms with E-state index in [9.17, 15) is 16.8 Å². The maximum absolute atomic E-state index is 13.2. The molecule has 1 saturated heterocycles. The molecule has 29 heavy (non-hydrogen) atoms. The topological polar surface area (TPSA) is 92.8 Å². The molecule has 0 spiro atoms. The van der Waals surface area contributed by atoms with E-state index < -0.39 is 20.0 Å². The normalized spacial score (nSPS) is 35.1. The summed E-state index contributed by atoms with van der Waals surface area (Å²) in [6.45, 7) is 1.27. The Morgan fingerprint density at radius 3 is 2.03 bits per heavy atom. The van der Waals surface area contributed by atoms with Crippen molar-refractivity contribution in [2.45, 2.75) is 53.9 Å². The van der Waals surface area contributed by atoms with Crippen LogP contribution in [0.1, 0.15) is 38.5 Å². The molecule has 6 rings (SSSR count). The van der Waals surface area contributed by atoms with Gasteiger partial charge in [0.1, 0.15) is 0 Å². The van der Waals surface area contributed by atoms with Crippen molar-refractivity contribution in [1.29, 1.82) is 0 Å².